The minimum absolute atomic E-state index is 0.160. The molecule has 0 aromatic heterocycles. The summed E-state index contributed by atoms with van der Waals surface area (Å²) in [7, 11) is 0. The first-order chi connectivity index (χ1) is 24.7. The number of nitrogens with one attached hydrogen (secondary N) is 2. The van der Waals surface area contributed by atoms with E-state index in [0.29, 0.717) is 12.0 Å². The molecule has 2 atom stereocenters. The molecule has 1 aromatic rings. The first-order valence-corrected chi connectivity index (χ1v) is 17.6. The van der Waals surface area contributed by atoms with Gasteiger partial charge in [0.15, 0.2) is 11.4 Å². The van der Waals surface area contributed by atoms with Crippen molar-refractivity contribution in [3.8, 4) is 0 Å². The molecule has 51 heavy (non-hydrogen) atoms. The molecule has 1 aliphatic rings. The average Bonchev–Trinajstić information content (AvgIpc) is 3.46. The van der Waals surface area contributed by atoms with Gasteiger partial charge < -0.3 is 30.3 Å². The lowest BCUT2D eigenvalue weighted by Gasteiger charge is -2.25. The van der Waals surface area contributed by atoms with Gasteiger partial charge in [0, 0.05) is 30.5 Å². The van der Waals surface area contributed by atoms with Crippen LogP contribution in [0.4, 0.5) is 0 Å². The van der Waals surface area contributed by atoms with Gasteiger partial charge >= 0.3 is 5.97 Å². The molecule has 276 valence electrons. The van der Waals surface area contributed by atoms with Gasteiger partial charge in [-0.15, -0.1) is 0 Å². The molecule has 0 saturated heterocycles. The second-order valence-electron chi connectivity index (χ2n) is 12.0. The maximum atomic E-state index is 13.1. The number of carbonyl (C=O) groups is 4. The van der Waals surface area contributed by atoms with Gasteiger partial charge in [0.2, 0.25) is 11.7 Å². The van der Waals surface area contributed by atoms with Crippen molar-refractivity contribution in [1.29, 1.82) is 0 Å². The molecule has 1 aromatic carbocycles. The van der Waals surface area contributed by atoms with Crippen LogP contribution < -0.4 is 10.6 Å². The zero-order valence-electron chi connectivity index (χ0n) is 29.9. The molecule has 0 aliphatic carbocycles. The van der Waals surface area contributed by atoms with E-state index in [0.717, 1.165) is 44.6 Å². The van der Waals surface area contributed by atoms with Crippen molar-refractivity contribution in [2.24, 2.45) is 5.92 Å². The molecule has 0 bridgehead atoms. The quantitative estimate of drug-likeness (QED) is 0.0803. The highest BCUT2D eigenvalue weighted by atomic mass is 16.5. The van der Waals surface area contributed by atoms with E-state index in [1.165, 1.54) is 0 Å². The van der Waals surface area contributed by atoms with Crippen LogP contribution in [0.1, 0.15) is 70.8 Å². The molecule has 0 saturated carbocycles. The summed E-state index contributed by atoms with van der Waals surface area (Å²) >= 11 is 0. The summed E-state index contributed by atoms with van der Waals surface area (Å²) in [6, 6.07) is 7.38. The largest absolute Gasteiger partial charge is 0.469 e. The molecular formula is C41H54N2O8. The van der Waals surface area contributed by atoms with Crippen molar-refractivity contribution in [1.82, 2.24) is 10.6 Å². The van der Waals surface area contributed by atoms with Crippen LogP contribution in [0, 0.1) is 5.92 Å². The molecule has 2 amide bonds. The van der Waals surface area contributed by atoms with Crippen LogP contribution in [0.3, 0.4) is 0 Å². The van der Waals surface area contributed by atoms with E-state index in [1.54, 1.807) is 37.3 Å². The van der Waals surface area contributed by atoms with E-state index >= 15 is 0 Å². The van der Waals surface area contributed by atoms with Crippen molar-refractivity contribution in [3.05, 3.63) is 121 Å². The first-order valence-electron chi connectivity index (χ1n) is 17.6. The van der Waals surface area contributed by atoms with Gasteiger partial charge in [0.05, 0.1) is 19.8 Å². The number of allylic oxidation sites excluding steroid dienone is 12. The van der Waals surface area contributed by atoms with Crippen LogP contribution in [-0.2, 0) is 34.3 Å². The van der Waals surface area contributed by atoms with Crippen LogP contribution >= 0.6 is 0 Å². The third-order valence-electron chi connectivity index (χ3n) is 7.80. The standard InChI is InChI=1S/C41H54N2O8/c1-3-4-5-6-7-8-9-10-11-12-13-14-15-16-17-18-19-20-24-27-38(47)42-29-35(40(49)50-32-33(30-44)31-45)43-39(48)36-28-37(46)41(2,51-36)34-25-22-21-23-26-34/h4-5,7-8,10-11,13-14,16-17,19-23,25-26,28,33,35,44-45H,3,6,9,12,15,18,24,27,29-32H2,1-2H3,(H,42,47)(H,43,48)/b5-4-,8-7-,11-10-,14-13-,17-16-,20-19?. The minimum Gasteiger partial charge on any atom is -0.469 e. The lowest BCUT2D eigenvalue weighted by Crippen LogP contribution is -2.50. The number of hydrogen-bond acceptors (Lipinski definition) is 8. The highest BCUT2D eigenvalue weighted by Crippen LogP contribution is 2.34. The lowest BCUT2D eigenvalue weighted by atomic mass is 9.92. The Morgan fingerprint density at radius 1 is 0.824 bits per heavy atom. The summed E-state index contributed by atoms with van der Waals surface area (Å²) in [5.74, 6) is -3.48. The number of esters is 1. The molecule has 10 heteroatoms. The number of benzene rings is 1. The molecule has 0 radical (unpaired) electrons. The van der Waals surface area contributed by atoms with Crippen LogP contribution in [-0.4, -0.2) is 66.2 Å². The third-order valence-corrected chi connectivity index (χ3v) is 7.80. The molecular weight excluding hydrogens is 648 g/mol. The highest BCUT2D eigenvalue weighted by molar-refractivity contribution is 6.08. The Hall–Kier alpha value is -4.80. The lowest BCUT2D eigenvalue weighted by molar-refractivity contribution is -0.150. The maximum absolute atomic E-state index is 13.1. The first kappa shape index (κ1) is 42.4. The number of aliphatic hydroxyl groups excluding tert-OH is 2. The van der Waals surface area contributed by atoms with Crippen molar-refractivity contribution >= 4 is 23.6 Å². The van der Waals surface area contributed by atoms with E-state index in [4.69, 9.17) is 9.47 Å². The number of ether oxygens (including phenoxy) is 2. The SMILES string of the molecule is CC/C=C\C/C=C\C/C=C\C/C=C\C/C=C\CC=CCCC(=O)NCC(NC(=O)C1=CC(=O)C(C)(c2ccccc2)O1)C(=O)OCC(CO)CO. The van der Waals surface area contributed by atoms with Crippen LogP contribution in [0.15, 0.2) is 115 Å². The van der Waals surface area contributed by atoms with Crippen molar-refractivity contribution in [3.63, 3.8) is 0 Å². The number of aliphatic hydroxyl groups is 2. The van der Waals surface area contributed by atoms with Crippen molar-refractivity contribution in [2.45, 2.75) is 76.9 Å². The van der Waals surface area contributed by atoms with E-state index in [-0.39, 0.29) is 31.2 Å². The highest BCUT2D eigenvalue weighted by Gasteiger charge is 2.44. The van der Waals surface area contributed by atoms with Gasteiger partial charge in [-0.3, -0.25) is 14.4 Å². The molecule has 1 aliphatic heterocycles. The van der Waals surface area contributed by atoms with E-state index in [9.17, 15) is 29.4 Å². The van der Waals surface area contributed by atoms with E-state index in [1.807, 2.05) is 12.2 Å². The van der Waals surface area contributed by atoms with Crippen LogP contribution in [0.5, 0.6) is 0 Å². The van der Waals surface area contributed by atoms with Gasteiger partial charge in [-0.05, 0) is 51.9 Å². The normalized spacial score (nSPS) is 17.0. The van der Waals surface area contributed by atoms with Gasteiger partial charge in [0.1, 0.15) is 6.04 Å². The summed E-state index contributed by atoms with van der Waals surface area (Å²) in [4.78, 5) is 51.3. The van der Waals surface area contributed by atoms with E-state index in [2.05, 4.69) is 78.3 Å². The molecule has 2 rings (SSSR count). The summed E-state index contributed by atoms with van der Waals surface area (Å²) in [5, 5.41) is 23.7. The zero-order chi connectivity index (χ0) is 37.2. The van der Waals surface area contributed by atoms with Gasteiger partial charge in [0.25, 0.3) is 5.91 Å². The second kappa shape index (κ2) is 25.2. The molecule has 0 fully saturated rings. The number of carbonyl (C=O) groups excluding carboxylic acids is 4. The average molecular weight is 703 g/mol. The Morgan fingerprint density at radius 3 is 1.88 bits per heavy atom. The Morgan fingerprint density at radius 2 is 1.35 bits per heavy atom. The zero-order valence-corrected chi connectivity index (χ0v) is 29.9. The summed E-state index contributed by atoms with van der Waals surface area (Å²) in [5.41, 5.74) is -0.849. The molecule has 10 nitrogen and oxygen atoms in total. The Labute approximate surface area is 302 Å². The second-order valence-corrected chi connectivity index (χ2v) is 12.0. The minimum atomic E-state index is -1.41. The summed E-state index contributed by atoms with van der Waals surface area (Å²) < 4.78 is 11.0. The van der Waals surface area contributed by atoms with Crippen molar-refractivity contribution < 1.29 is 38.9 Å². The number of rotatable bonds is 24. The van der Waals surface area contributed by atoms with Gasteiger partial charge in [-0.25, -0.2) is 4.79 Å². The molecule has 2 unspecified atom stereocenters. The van der Waals surface area contributed by atoms with Gasteiger partial charge in [-0.1, -0.05) is 110 Å². The predicted octanol–water partition coefficient (Wildman–Crippen LogP) is 5.61. The molecule has 4 N–H and O–H groups in total. The Bertz CT molecular complexity index is 1440. The Kier molecular flexibility index (Phi) is 20.9. The number of amides is 2. The van der Waals surface area contributed by atoms with Crippen LogP contribution in [0.2, 0.25) is 0 Å². The molecule has 1 heterocycles. The fourth-order valence-electron chi connectivity index (χ4n) is 4.67. The fourth-order valence-corrected chi connectivity index (χ4v) is 4.67. The third kappa shape index (κ3) is 16.6. The number of hydrogen-bond donors (Lipinski definition) is 4. The van der Waals surface area contributed by atoms with E-state index < -0.39 is 48.4 Å². The number of ketones is 1. The smallest absolute Gasteiger partial charge is 0.330 e. The van der Waals surface area contributed by atoms with Crippen molar-refractivity contribution in [2.75, 3.05) is 26.4 Å². The molecule has 0 spiro atoms. The predicted molar refractivity (Wildman–Crippen MR) is 199 cm³/mol. The van der Waals surface area contributed by atoms with Crippen LogP contribution in [0.25, 0.3) is 0 Å². The maximum Gasteiger partial charge on any atom is 0.330 e. The summed E-state index contributed by atoms with van der Waals surface area (Å²) in [6.07, 6.45) is 32.5. The fraction of sp³-hybridized carbons (Fsp3) is 0.415. The monoisotopic (exact) mass is 702 g/mol. The topological polar surface area (TPSA) is 151 Å². The summed E-state index contributed by atoms with van der Waals surface area (Å²) in [6.45, 7) is 2.28. The Balaban J connectivity index is 1.77. The van der Waals surface area contributed by atoms with Gasteiger partial charge in [-0.2, -0.15) is 0 Å².